The summed E-state index contributed by atoms with van der Waals surface area (Å²) in [5.74, 6) is 0.433. The second-order valence-corrected chi connectivity index (χ2v) is 7.79. The molecule has 1 aliphatic rings. The zero-order valence-electron chi connectivity index (χ0n) is 19.3. The van der Waals surface area contributed by atoms with Crippen LogP contribution in [0.4, 0.5) is 4.79 Å². The minimum absolute atomic E-state index is 0.119. The molecule has 1 saturated carbocycles. The van der Waals surface area contributed by atoms with Crippen molar-refractivity contribution in [3.05, 3.63) is 0 Å². The molecule has 0 saturated heterocycles. The Morgan fingerprint density at radius 1 is 1.11 bits per heavy atom. The van der Waals surface area contributed by atoms with Crippen LogP contribution in [0.3, 0.4) is 0 Å². The number of hydrogen-bond acceptors (Lipinski definition) is 5. The van der Waals surface area contributed by atoms with Gasteiger partial charge in [0.05, 0.1) is 7.11 Å². The molecule has 166 valence electrons. The Balaban J connectivity index is 0. The lowest BCUT2D eigenvalue weighted by Crippen LogP contribution is -2.50. The van der Waals surface area contributed by atoms with E-state index < -0.39 is 17.7 Å². The van der Waals surface area contributed by atoms with E-state index in [0.29, 0.717) is 12.4 Å². The van der Waals surface area contributed by atoms with Gasteiger partial charge in [-0.3, -0.25) is 14.5 Å². The SMILES string of the molecule is CC.CC(NC(=O)C(C)N(C)C(=O)OC(C)(C)C)C1CCCCC1.COC=O. The summed E-state index contributed by atoms with van der Waals surface area (Å²) in [6, 6.07) is -0.386. The lowest BCUT2D eigenvalue weighted by Gasteiger charge is -2.31. The average Bonchev–Trinajstić information content (AvgIpc) is 2.67. The molecule has 1 fully saturated rings. The Bertz CT molecular complexity index is 443. The minimum atomic E-state index is -0.559. The second-order valence-electron chi connectivity index (χ2n) is 7.79. The van der Waals surface area contributed by atoms with E-state index in [2.05, 4.69) is 17.0 Å². The van der Waals surface area contributed by atoms with Crippen LogP contribution in [0, 0.1) is 5.92 Å². The topological polar surface area (TPSA) is 84.9 Å². The van der Waals surface area contributed by atoms with E-state index in [1.165, 1.54) is 44.1 Å². The molecule has 2 unspecified atom stereocenters. The lowest BCUT2D eigenvalue weighted by atomic mass is 9.84. The largest absolute Gasteiger partial charge is 0.471 e. The number of nitrogens with zero attached hydrogens (tertiary/aromatic N) is 1. The molecule has 28 heavy (non-hydrogen) atoms. The van der Waals surface area contributed by atoms with E-state index in [-0.39, 0.29) is 11.9 Å². The van der Waals surface area contributed by atoms with Crippen LogP contribution in [0.1, 0.15) is 80.6 Å². The van der Waals surface area contributed by atoms with Gasteiger partial charge in [0, 0.05) is 13.1 Å². The fraction of sp³-hybridized carbons (Fsp3) is 0.857. The van der Waals surface area contributed by atoms with E-state index in [0.717, 1.165) is 0 Å². The number of hydrogen-bond donors (Lipinski definition) is 1. The van der Waals surface area contributed by atoms with Gasteiger partial charge in [0.25, 0.3) is 6.47 Å². The highest BCUT2D eigenvalue weighted by atomic mass is 16.6. The Kier molecular flexibility index (Phi) is 15.4. The van der Waals surface area contributed by atoms with E-state index in [9.17, 15) is 9.59 Å². The van der Waals surface area contributed by atoms with Gasteiger partial charge in [-0.25, -0.2) is 4.79 Å². The molecule has 0 heterocycles. The molecular formula is C21H42N2O5. The van der Waals surface area contributed by atoms with Crippen LogP contribution in [-0.4, -0.2) is 55.2 Å². The molecule has 0 spiro atoms. The third-order valence-electron chi connectivity index (χ3n) is 4.46. The van der Waals surface area contributed by atoms with Crippen LogP contribution in [0.25, 0.3) is 0 Å². The van der Waals surface area contributed by atoms with Crippen molar-refractivity contribution in [1.82, 2.24) is 10.2 Å². The Hall–Kier alpha value is -1.79. The van der Waals surface area contributed by atoms with E-state index in [4.69, 9.17) is 9.53 Å². The molecule has 7 nitrogen and oxygen atoms in total. The Morgan fingerprint density at radius 2 is 1.57 bits per heavy atom. The third kappa shape index (κ3) is 12.6. The summed E-state index contributed by atoms with van der Waals surface area (Å²) >= 11 is 0. The number of carbonyl (C=O) groups is 3. The first kappa shape index (κ1) is 28.4. The van der Waals surface area contributed by atoms with E-state index in [1.807, 2.05) is 34.6 Å². The highest BCUT2D eigenvalue weighted by molar-refractivity contribution is 5.85. The van der Waals surface area contributed by atoms with Gasteiger partial charge in [0.1, 0.15) is 11.6 Å². The quantitative estimate of drug-likeness (QED) is 0.699. The predicted octanol–water partition coefficient (Wildman–Crippen LogP) is 4.14. The van der Waals surface area contributed by atoms with Crippen molar-refractivity contribution in [3.8, 4) is 0 Å². The lowest BCUT2D eigenvalue weighted by molar-refractivity contribution is -0.127. The average molecular weight is 403 g/mol. The maximum Gasteiger partial charge on any atom is 0.410 e. The highest BCUT2D eigenvalue weighted by Crippen LogP contribution is 2.26. The van der Waals surface area contributed by atoms with Gasteiger partial charge < -0.3 is 14.8 Å². The molecule has 2 amide bonds. The van der Waals surface area contributed by atoms with Gasteiger partial charge >= 0.3 is 6.09 Å². The van der Waals surface area contributed by atoms with E-state index >= 15 is 0 Å². The Labute approximate surface area is 171 Å². The maximum absolute atomic E-state index is 12.3. The first-order valence-electron chi connectivity index (χ1n) is 10.3. The number of carbonyl (C=O) groups excluding carboxylic acids is 3. The summed E-state index contributed by atoms with van der Waals surface area (Å²) in [7, 11) is 2.91. The molecular weight excluding hydrogens is 360 g/mol. The number of ether oxygens (including phenoxy) is 2. The standard InChI is InChI=1S/C17H32N2O3.C2H4O2.C2H6/c1-12(14-10-8-7-9-11-14)18-15(20)13(2)19(6)16(21)22-17(3,4)5;1-4-2-3;1-2/h12-14H,7-11H2,1-6H3,(H,18,20);2H,1H3;1-2H3. The first-order valence-corrected chi connectivity index (χ1v) is 10.3. The molecule has 7 heteroatoms. The zero-order chi connectivity index (χ0) is 22.3. The van der Waals surface area contributed by atoms with Gasteiger partial charge in [0.15, 0.2) is 0 Å². The Morgan fingerprint density at radius 3 is 1.96 bits per heavy atom. The van der Waals surface area contributed by atoms with Crippen LogP contribution in [0.5, 0.6) is 0 Å². The molecule has 1 aliphatic carbocycles. The van der Waals surface area contributed by atoms with Crippen LogP contribution >= 0.6 is 0 Å². The number of rotatable bonds is 5. The van der Waals surface area contributed by atoms with Crippen LogP contribution in [-0.2, 0) is 19.1 Å². The normalized spacial score (nSPS) is 16.0. The van der Waals surface area contributed by atoms with Gasteiger partial charge in [-0.2, -0.15) is 0 Å². The molecule has 1 N–H and O–H groups in total. The molecule has 0 bridgehead atoms. The van der Waals surface area contributed by atoms with Crippen LogP contribution in [0.2, 0.25) is 0 Å². The molecule has 1 rings (SSSR count). The molecule has 0 aliphatic heterocycles. The van der Waals surface area contributed by atoms with E-state index in [1.54, 1.807) is 14.0 Å². The number of amides is 2. The molecule has 0 aromatic heterocycles. The summed E-state index contributed by atoms with van der Waals surface area (Å²) in [5, 5.41) is 3.06. The fourth-order valence-corrected chi connectivity index (χ4v) is 2.76. The molecule has 2 atom stereocenters. The van der Waals surface area contributed by atoms with Crippen molar-refractivity contribution in [2.45, 2.75) is 98.3 Å². The summed E-state index contributed by atoms with van der Waals surface area (Å²) < 4.78 is 9.16. The summed E-state index contributed by atoms with van der Waals surface area (Å²) in [4.78, 5) is 34.7. The van der Waals surface area contributed by atoms with Crippen LogP contribution in [0.15, 0.2) is 0 Å². The van der Waals surface area contributed by atoms with Crippen LogP contribution < -0.4 is 5.32 Å². The molecule has 0 aromatic rings. The zero-order valence-corrected chi connectivity index (χ0v) is 19.3. The van der Waals surface area contributed by atoms with Gasteiger partial charge in [-0.05, 0) is 53.4 Å². The summed E-state index contributed by atoms with van der Waals surface area (Å²) in [6.45, 7) is 13.6. The van der Waals surface area contributed by atoms with Crippen molar-refractivity contribution in [1.29, 1.82) is 0 Å². The summed E-state index contributed by atoms with van der Waals surface area (Å²) in [6.07, 6.45) is 5.68. The second kappa shape index (κ2) is 15.2. The number of methoxy groups -OCH3 is 1. The number of nitrogens with one attached hydrogen (secondary N) is 1. The van der Waals surface area contributed by atoms with Gasteiger partial charge in [-0.15, -0.1) is 0 Å². The smallest absolute Gasteiger partial charge is 0.410 e. The molecule has 0 aromatic carbocycles. The predicted molar refractivity (Wildman–Crippen MR) is 112 cm³/mol. The summed E-state index contributed by atoms with van der Waals surface area (Å²) in [5.41, 5.74) is -0.559. The van der Waals surface area contributed by atoms with Gasteiger partial charge in [-0.1, -0.05) is 33.1 Å². The minimum Gasteiger partial charge on any atom is -0.471 e. The van der Waals surface area contributed by atoms with Crippen molar-refractivity contribution in [2.75, 3.05) is 14.2 Å². The van der Waals surface area contributed by atoms with Crippen molar-refractivity contribution < 1.29 is 23.9 Å². The molecule has 0 radical (unpaired) electrons. The van der Waals surface area contributed by atoms with Crippen molar-refractivity contribution >= 4 is 18.5 Å². The number of likely N-dealkylation sites (N-methyl/N-ethyl adjacent to an activating group) is 1. The maximum atomic E-state index is 12.3. The monoisotopic (exact) mass is 402 g/mol. The highest BCUT2D eigenvalue weighted by Gasteiger charge is 2.29. The fourth-order valence-electron chi connectivity index (χ4n) is 2.76. The van der Waals surface area contributed by atoms with Gasteiger partial charge in [0.2, 0.25) is 5.91 Å². The van der Waals surface area contributed by atoms with Crippen molar-refractivity contribution in [2.24, 2.45) is 5.92 Å². The first-order chi connectivity index (χ1) is 13.0. The van der Waals surface area contributed by atoms with Crippen molar-refractivity contribution in [3.63, 3.8) is 0 Å². The third-order valence-corrected chi connectivity index (χ3v) is 4.46.